The number of piperidine rings is 1. The van der Waals surface area contributed by atoms with Crippen molar-refractivity contribution in [2.45, 2.75) is 44.6 Å². The average Bonchev–Trinajstić information content (AvgIpc) is 3.01. The number of hydrogen-bond acceptors (Lipinski definition) is 5. The molecule has 3 rings (SSSR count). The van der Waals surface area contributed by atoms with E-state index < -0.39 is 0 Å². The number of anilines is 1. The van der Waals surface area contributed by atoms with Gasteiger partial charge in [-0.2, -0.15) is 0 Å². The Morgan fingerprint density at radius 2 is 2.25 bits per heavy atom. The van der Waals surface area contributed by atoms with Gasteiger partial charge in [0, 0.05) is 4.88 Å². The van der Waals surface area contributed by atoms with Gasteiger partial charge in [0.05, 0.1) is 24.8 Å². The van der Waals surface area contributed by atoms with Gasteiger partial charge in [0.25, 0.3) is 0 Å². The molecule has 1 amide bonds. The molecular formula is C14H21N3O2S. The number of amides is 1. The molecule has 1 aromatic rings. The molecule has 2 heterocycles. The van der Waals surface area contributed by atoms with Crippen molar-refractivity contribution in [3.8, 4) is 0 Å². The first-order valence-electron chi connectivity index (χ1n) is 7.42. The Morgan fingerprint density at radius 3 is 3.05 bits per heavy atom. The number of nitrogens with zero attached hydrogens (tertiary/aromatic N) is 1. The van der Waals surface area contributed by atoms with Crippen molar-refractivity contribution in [3.63, 3.8) is 0 Å². The molecule has 20 heavy (non-hydrogen) atoms. The first-order valence-corrected chi connectivity index (χ1v) is 8.23. The van der Waals surface area contributed by atoms with Crippen molar-refractivity contribution in [1.29, 1.82) is 0 Å². The van der Waals surface area contributed by atoms with Crippen LogP contribution < -0.4 is 10.6 Å². The van der Waals surface area contributed by atoms with Gasteiger partial charge in [-0.15, -0.1) is 11.3 Å². The molecule has 6 heteroatoms. The summed E-state index contributed by atoms with van der Waals surface area (Å²) in [6.07, 6.45) is 6.18. The van der Waals surface area contributed by atoms with E-state index in [1.807, 2.05) is 0 Å². The zero-order valence-electron chi connectivity index (χ0n) is 11.6. The molecule has 1 aliphatic heterocycles. The van der Waals surface area contributed by atoms with Gasteiger partial charge in [-0.3, -0.25) is 4.79 Å². The molecule has 110 valence electrons. The quantitative estimate of drug-likeness (QED) is 0.868. The second kappa shape index (κ2) is 6.65. The molecule has 5 nitrogen and oxygen atoms in total. The van der Waals surface area contributed by atoms with Crippen LogP contribution in [0.4, 0.5) is 5.13 Å². The van der Waals surface area contributed by atoms with Gasteiger partial charge in [0.15, 0.2) is 5.13 Å². The van der Waals surface area contributed by atoms with Crippen molar-refractivity contribution in [2.75, 3.05) is 25.0 Å². The van der Waals surface area contributed by atoms with Gasteiger partial charge in [-0.05, 0) is 45.2 Å². The maximum Gasteiger partial charge on any atom is 0.228 e. The lowest BCUT2D eigenvalue weighted by Crippen LogP contribution is -2.33. The molecule has 0 atom stereocenters. The highest BCUT2D eigenvalue weighted by Gasteiger charge is 2.18. The number of hydrogen-bond donors (Lipinski definition) is 2. The van der Waals surface area contributed by atoms with Crippen molar-refractivity contribution < 1.29 is 9.53 Å². The minimum absolute atomic E-state index is 0.00589. The molecule has 1 fully saturated rings. The second-order valence-corrected chi connectivity index (χ2v) is 6.44. The van der Waals surface area contributed by atoms with Crippen molar-refractivity contribution in [3.05, 3.63) is 10.6 Å². The van der Waals surface area contributed by atoms with E-state index >= 15 is 0 Å². The lowest BCUT2D eigenvalue weighted by atomic mass is 10.1. The summed E-state index contributed by atoms with van der Waals surface area (Å²) in [5.74, 6) is 0.00589. The van der Waals surface area contributed by atoms with Crippen LogP contribution in [-0.4, -0.2) is 36.7 Å². The molecule has 1 aliphatic carbocycles. The van der Waals surface area contributed by atoms with E-state index in [2.05, 4.69) is 15.6 Å². The van der Waals surface area contributed by atoms with Crippen LogP contribution in [0, 0.1) is 0 Å². The number of fused-ring (bicyclic) bond motifs is 1. The van der Waals surface area contributed by atoms with Crippen molar-refractivity contribution in [2.24, 2.45) is 0 Å². The molecule has 1 aromatic heterocycles. The van der Waals surface area contributed by atoms with Crippen LogP contribution in [0.5, 0.6) is 0 Å². The van der Waals surface area contributed by atoms with E-state index in [1.54, 1.807) is 11.3 Å². The highest BCUT2D eigenvalue weighted by atomic mass is 32.1. The zero-order chi connectivity index (χ0) is 13.8. The molecule has 0 spiro atoms. The Balaban J connectivity index is 1.38. The molecule has 2 aliphatic rings. The third-order valence-corrected chi connectivity index (χ3v) is 4.88. The van der Waals surface area contributed by atoms with Crippen LogP contribution in [0.25, 0.3) is 0 Å². The second-order valence-electron chi connectivity index (χ2n) is 5.36. The van der Waals surface area contributed by atoms with Crippen molar-refractivity contribution >= 4 is 22.4 Å². The lowest BCUT2D eigenvalue weighted by Gasteiger charge is -2.22. The number of aryl methyl sites for hydroxylation is 2. The fourth-order valence-corrected chi connectivity index (χ4v) is 3.77. The van der Waals surface area contributed by atoms with Crippen LogP contribution in [0.3, 0.4) is 0 Å². The molecule has 1 saturated heterocycles. The van der Waals surface area contributed by atoms with E-state index in [0.29, 0.717) is 19.1 Å². The summed E-state index contributed by atoms with van der Waals surface area (Å²) in [5, 5.41) is 6.94. The predicted octanol–water partition coefficient (Wildman–Crippen LogP) is 1.73. The van der Waals surface area contributed by atoms with E-state index in [1.165, 1.54) is 17.0 Å². The standard InChI is InChI=1S/C14H21N3O2S/c18-13(6-9-19-10-4-7-15-8-5-10)17-14-16-11-2-1-3-12(11)20-14/h10,15H,1-9H2,(H,16,17,18). The number of ether oxygens (including phenoxy) is 1. The monoisotopic (exact) mass is 295 g/mol. The topological polar surface area (TPSA) is 63.2 Å². The highest BCUT2D eigenvalue weighted by molar-refractivity contribution is 7.15. The van der Waals surface area contributed by atoms with E-state index in [0.717, 1.165) is 43.9 Å². The van der Waals surface area contributed by atoms with Gasteiger partial charge < -0.3 is 15.4 Å². The van der Waals surface area contributed by atoms with Crippen LogP contribution in [0.1, 0.15) is 36.3 Å². The fourth-order valence-electron chi connectivity index (χ4n) is 2.71. The SMILES string of the molecule is O=C(CCOC1CCNCC1)Nc1nc2c(s1)CCC2. The summed E-state index contributed by atoms with van der Waals surface area (Å²) in [4.78, 5) is 17.6. The number of aromatic nitrogens is 1. The molecule has 2 N–H and O–H groups in total. The van der Waals surface area contributed by atoms with Crippen LogP contribution >= 0.6 is 11.3 Å². The number of nitrogens with one attached hydrogen (secondary N) is 2. The summed E-state index contributed by atoms with van der Waals surface area (Å²) in [5.41, 5.74) is 1.18. The van der Waals surface area contributed by atoms with E-state index in [9.17, 15) is 4.79 Å². The Labute approximate surface area is 123 Å². The van der Waals surface area contributed by atoms with Crippen molar-refractivity contribution in [1.82, 2.24) is 10.3 Å². The molecule has 0 bridgehead atoms. The van der Waals surface area contributed by atoms with Gasteiger partial charge in [0.1, 0.15) is 0 Å². The van der Waals surface area contributed by atoms with Crippen LogP contribution in [-0.2, 0) is 22.4 Å². The molecule has 0 saturated carbocycles. The minimum Gasteiger partial charge on any atom is -0.378 e. The summed E-state index contributed by atoms with van der Waals surface area (Å²) in [6.45, 7) is 2.53. The minimum atomic E-state index is 0.00589. The third kappa shape index (κ3) is 3.56. The van der Waals surface area contributed by atoms with Gasteiger partial charge in [0.2, 0.25) is 5.91 Å². The molecule has 0 aromatic carbocycles. The maximum atomic E-state index is 11.8. The zero-order valence-corrected chi connectivity index (χ0v) is 12.4. The Kier molecular flexibility index (Phi) is 4.65. The smallest absolute Gasteiger partial charge is 0.228 e. The Morgan fingerprint density at radius 1 is 1.40 bits per heavy atom. The average molecular weight is 295 g/mol. The van der Waals surface area contributed by atoms with Gasteiger partial charge in [-0.1, -0.05) is 0 Å². The van der Waals surface area contributed by atoms with E-state index in [-0.39, 0.29) is 5.91 Å². The fraction of sp³-hybridized carbons (Fsp3) is 0.714. The molecule has 0 radical (unpaired) electrons. The van der Waals surface area contributed by atoms with Gasteiger partial charge in [-0.25, -0.2) is 4.98 Å². The number of rotatable bonds is 5. The third-order valence-electron chi connectivity index (χ3n) is 3.81. The Bertz CT molecular complexity index is 447. The van der Waals surface area contributed by atoms with Gasteiger partial charge >= 0.3 is 0 Å². The lowest BCUT2D eigenvalue weighted by molar-refractivity contribution is -0.117. The normalized spacial score (nSPS) is 19.0. The predicted molar refractivity (Wildman–Crippen MR) is 79.2 cm³/mol. The number of carbonyl (C=O) groups excluding carboxylic acids is 1. The number of carbonyl (C=O) groups is 1. The summed E-state index contributed by atoms with van der Waals surface area (Å²) >= 11 is 1.62. The molecular weight excluding hydrogens is 274 g/mol. The molecule has 0 unspecified atom stereocenters. The first-order chi connectivity index (χ1) is 9.81. The first kappa shape index (κ1) is 14.0. The van der Waals surface area contributed by atoms with Crippen LogP contribution in [0.2, 0.25) is 0 Å². The summed E-state index contributed by atoms with van der Waals surface area (Å²) < 4.78 is 5.73. The van der Waals surface area contributed by atoms with E-state index in [4.69, 9.17) is 4.74 Å². The number of thiazole rings is 1. The Hall–Kier alpha value is -0.980. The largest absolute Gasteiger partial charge is 0.378 e. The highest BCUT2D eigenvalue weighted by Crippen LogP contribution is 2.30. The maximum absolute atomic E-state index is 11.8. The summed E-state index contributed by atoms with van der Waals surface area (Å²) in [6, 6.07) is 0. The van der Waals surface area contributed by atoms with Crippen LogP contribution in [0.15, 0.2) is 0 Å². The summed E-state index contributed by atoms with van der Waals surface area (Å²) in [7, 11) is 0.